The van der Waals surface area contributed by atoms with Crippen molar-refractivity contribution in [2.45, 2.75) is 24.6 Å². The van der Waals surface area contributed by atoms with Gasteiger partial charge in [-0.2, -0.15) is 0 Å². The van der Waals surface area contributed by atoms with Gasteiger partial charge in [-0.1, -0.05) is 13.2 Å². The number of nitrogens with two attached hydrogens (primary N) is 1. The van der Waals surface area contributed by atoms with Crippen LogP contribution in [0.2, 0.25) is 0 Å². The summed E-state index contributed by atoms with van der Waals surface area (Å²) >= 11 is 0. The molecule has 0 rings (SSSR count). The summed E-state index contributed by atoms with van der Waals surface area (Å²) in [5.74, 6) is 0. The van der Waals surface area contributed by atoms with Gasteiger partial charge in [0.05, 0.1) is 0 Å². The average molecular weight is 296 g/mol. The van der Waals surface area contributed by atoms with Crippen LogP contribution in [0.15, 0.2) is 24.0 Å². The second-order valence-electron chi connectivity index (χ2n) is 3.74. The Morgan fingerprint density at radius 2 is 1.39 bits per heavy atom. The molecule has 0 amide bonds. The van der Waals surface area contributed by atoms with E-state index in [4.69, 9.17) is 5.73 Å². The molecule has 0 aliphatic heterocycles. The Labute approximate surface area is 109 Å². The van der Waals surface area contributed by atoms with Crippen molar-refractivity contribution in [3.05, 3.63) is 24.0 Å². The first-order valence-electron chi connectivity index (χ1n) is 5.32. The zero-order chi connectivity index (χ0) is 14.6. The molecule has 106 valence electrons. The van der Waals surface area contributed by atoms with Crippen LogP contribution < -0.4 is 5.73 Å². The predicted octanol–water partition coefficient (Wildman–Crippen LogP) is 0.0557. The quantitative estimate of drug-likeness (QED) is 0.680. The van der Waals surface area contributed by atoms with Crippen molar-refractivity contribution in [1.82, 2.24) is 4.90 Å². The lowest BCUT2D eigenvalue weighted by Gasteiger charge is -2.31. The highest BCUT2D eigenvalue weighted by Gasteiger charge is 2.33. The van der Waals surface area contributed by atoms with Crippen molar-refractivity contribution in [3.8, 4) is 0 Å². The fraction of sp³-hybridized carbons (Fsp3) is 0.600. The Morgan fingerprint density at radius 1 is 1.06 bits per heavy atom. The van der Waals surface area contributed by atoms with E-state index in [9.17, 15) is 16.8 Å². The van der Waals surface area contributed by atoms with E-state index < -0.39 is 30.4 Å². The van der Waals surface area contributed by atoms with Gasteiger partial charge in [0, 0.05) is 23.9 Å². The molecule has 18 heavy (non-hydrogen) atoms. The smallest absolute Gasteiger partial charge is 0.186 e. The number of nitrogens with zero attached hydrogens (tertiary/aromatic N) is 1. The van der Waals surface area contributed by atoms with Crippen LogP contribution in [-0.4, -0.2) is 45.6 Å². The monoisotopic (exact) mass is 296 g/mol. The molecule has 0 aromatic carbocycles. The van der Waals surface area contributed by atoms with Crippen LogP contribution in [0.25, 0.3) is 0 Å². The Morgan fingerprint density at radius 3 is 1.61 bits per heavy atom. The zero-order valence-electron chi connectivity index (χ0n) is 10.6. The van der Waals surface area contributed by atoms with Crippen LogP contribution in [0, 0.1) is 0 Å². The van der Waals surface area contributed by atoms with Crippen LogP contribution in [0.5, 0.6) is 0 Å². The number of sulfone groups is 2. The topological polar surface area (TPSA) is 97.5 Å². The van der Waals surface area contributed by atoms with Gasteiger partial charge < -0.3 is 5.73 Å². The van der Waals surface area contributed by atoms with Crippen molar-refractivity contribution in [3.63, 3.8) is 0 Å². The molecule has 0 aliphatic rings. The normalized spacial score (nSPS) is 16.2. The van der Waals surface area contributed by atoms with Gasteiger partial charge in [-0.25, -0.2) is 16.8 Å². The average Bonchev–Trinajstić information content (AvgIpc) is 2.34. The molecule has 0 bridgehead atoms. The van der Waals surface area contributed by atoms with E-state index in [-0.39, 0.29) is 13.1 Å². The highest BCUT2D eigenvalue weighted by molar-refractivity contribution is 7.95. The van der Waals surface area contributed by atoms with E-state index in [2.05, 4.69) is 13.2 Å². The predicted molar refractivity (Wildman–Crippen MR) is 72.9 cm³/mol. The highest BCUT2D eigenvalue weighted by atomic mass is 32.2. The van der Waals surface area contributed by atoms with Gasteiger partial charge in [-0.15, -0.1) is 0 Å². The van der Waals surface area contributed by atoms with Crippen molar-refractivity contribution in [1.29, 1.82) is 0 Å². The van der Waals surface area contributed by atoms with E-state index in [0.717, 1.165) is 10.8 Å². The molecule has 8 heteroatoms. The van der Waals surface area contributed by atoms with Crippen LogP contribution in [0.4, 0.5) is 0 Å². The summed E-state index contributed by atoms with van der Waals surface area (Å²) in [6.45, 7) is 9.54. The van der Waals surface area contributed by atoms with Crippen LogP contribution in [0.1, 0.15) is 13.8 Å². The molecule has 0 aliphatic carbocycles. The molecule has 2 atom stereocenters. The molecule has 0 spiro atoms. The van der Waals surface area contributed by atoms with E-state index >= 15 is 0 Å². The summed E-state index contributed by atoms with van der Waals surface area (Å²) in [5.41, 5.74) is 5.39. The lowest BCUT2D eigenvalue weighted by molar-refractivity contribution is 0.251. The largest absolute Gasteiger partial charge is 0.329 e. The molecule has 0 saturated carbocycles. The van der Waals surface area contributed by atoms with Gasteiger partial charge >= 0.3 is 0 Å². The third kappa shape index (κ3) is 3.91. The van der Waals surface area contributed by atoms with E-state index in [1.165, 1.54) is 18.7 Å². The van der Waals surface area contributed by atoms with Crippen molar-refractivity contribution >= 4 is 19.7 Å². The van der Waals surface area contributed by atoms with Crippen molar-refractivity contribution < 1.29 is 16.8 Å². The summed E-state index contributed by atoms with van der Waals surface area (Å²) in [4.78, 5) is 1.30. The molecule has 0 radical (unpaired) electrons. The second kappa shape index (κ2) is 6.46. The summed E-state index contributed by atoms with van der Waals surface area (Å²) in [5, 5.41) is -0.394. The van der Waals surface area contributed by atoms with Gasteiger partial charge in [-0.3, -0.25) is 4.90 Å². The molecule has 2 unspecified atom stereocenters. The van der Waals surface area contributed by atoms with Gasteiger partial charge in [-0.05, 0) is 13.8 Å². The molecule has 2 N–H and O–H groups in total. The van der Waals surface area contributed by atoms with Crippen LogP contribution in [-0.2, 0) is 19.7 Å². The highest BCUT2D eigenvalue weighted by Crippen LogP contribution is 2.17. The van der Waals surface area contributed by atoms with E-state index in [1.54, 1.807) is 0 Å². The summed E-state index contributed by atoms with van der Waals surface area (Å²) in [6, 6.07) is 0. The second-order valence-corrected chi connectivity index (χ2v) is 8.12. The van der Waals surface area contributed by atoms with Crippen molar-refractivity contribution in [2.75, 3.05) is 13.1 Å². The minimum Gasteiger partial charge on any atom is -0.329 e. The molecule has 0 aromatic rings. The fourth-order valence-electron chi connectivity index (χ4n) is 1.46. The third-order valence-electron chi connectivity index (χ3n) is 2.74. The molecule has 0 heterocycles. The first-order chi connectivity index (χ1) is 8.14. The minimum absolute atomic E-state index is 0.141. The Balaban J connectivity index is 5.47. The molecule has 0 saturated heterocycles. The molecular weight excluding hydrogens is 276 g/mol. The maximum Gasteiger partial charge on any atom is 0.186 e. The molecular formula is C10H20N2O4S2. The Kier molecular flexibility index (Phi) is 6.21. The fourth-order valence-corrected chi connectivity index (χ4v) is 3.43. The maximum absolute atomic E-state index is 11.7. The zero-order valence-corrected chi connectivity index (χ0v) is 12.2. The Hall–Kier alpha value is -0.700. The third-order valence-corrected chi connectivity index (χ3v) is 6.11. The van der Waals surface area contributed by atoms with Gasteiger partial charge in [0.15, 0.2) is 19.7 Å². The standard InChI is InChI=1S/C10H20N2O4S2/c1-5-17(13,14)9(3)12(8-7-11)10(4)18(15,16)6-2/h5-6,9-10H,1-2,7-8,11H2,3-4H3. The minimum atomic E-state index is -3.60. The molecule has 0 aromatic heterocycles. The van der Waals surface area contributed by atoms with Crippen molar-refractivity contribution in [2.24, 2.45) is 5.73 Å². The van der Waals surface area contributed by atoms with E-state index in [1.807, 2.05) is 0 Å². The first-order valence-corrected chi connectivity index (χ1v) is 8.54. The van der Waals surface area contributed by atoms with Gasteiger partial charge in [0.2, 0.25) is 0 Å². The molecule has 0 fully saturated rings. The van der Waals surface area contributed by atoms with Crippen LogP contribution in [0.3, 0.4) is 0 Å². The van der Waals surface area contributed by atoms with Crippen LogP contribution >= 0.6 is 0 Å². The number of rotatable bonds is 8. The van der Waals surface area contributed by atoms with E-state index in [0.29, 0.717) is 0 Å². The summed E-state index contributed by atoms with van der Waals surface area (Å²) < 4.78 is 46.9. The maximum atomic E-state index is 11.7. The van der Waals surface area contributed by atoms with Gasteiger partial charge in [0.1, 0.15) is 10.7 Å². The number of hydrogen-bond donors (Lipinski definition) is 1. The SMILES string of the molecule is C=CS(=O)(=O)C(C)N(CCN)C(C)S(=O)(=O)C=C. The summed E-state index contributed by atoms with van der Waals surface area (Å²) in [6.07, 6.45) is 0. The number of hydrogen-bond acceptors (Lipinski definition) is 6. The Bertz CT molecular complexity index is 452. The summed E-state index contributed by atoms with van der Waals surface area (Å²) in [7, 11) is -7.20. The van der Waals surface area contributed by atoms with Gasteiger partial charge in [0.25, 0.3) is 0 Å². The lowest BCUT2D eigenvalue weighted by Crippen LogP contribution is -2.48. The first kappa shape index (κ1) is 17.3. The molecule has 6 nitrogen and oxygen atoms in total. The lowest BCUT2D eigenvalue weighted by atomic mass is 10.4.